The summed E-state index contributed by atoms with van der Waals surface area (Å²) < 4.78 is 5.13. The standard InChI is InChI=1S/C10H11N3O/c11-13-12-9(10-7-14-10)6-8-4-2-1-3-5-8/h1-5,9-10H,6-7H2/t9-,10-/m0/s1. The van der Waals surface area contributed by atoms with Crippen LogP contribution in [0, 0.1) is 0 Å². The smallest absolute Gasteiger partial charge is 0.0897 e. The van der Waals surface area contributed by atoms with E-state index in [1.165, 1.54) is 5.56 Å². The van der Waals surface area contributed by atoms with Gasteiger partial charge in [-0.2, -0.15) is 0 Å². The van der Waals surface area contributed by atoms with E-state index >= 15 is 0 Å². The molecule has 0 amide bonds. The number of nitrogens with zero attached hydrogens (tertiary/aromatic N) is 3. The van der Waals surface area contributed by atoms with Gasteiger partial charge >= 0.3 is 0 Å². The fraction of sp³-hybridized carbons (Fsp3) is 0.400. The van der Waals surface area contributed by atoms with E-state index in [4.69, 9.17) is 10.3 Å². The molecule has 1 saturated heterocycles. The van der Waals surface area contributed by atoms with Gasteiger partial charge in [0.25, 0.3) is 0 Å². The Bertz CT molecular complexity index is 342. The Balaban J connectivity index is 2.03. The van der Waals surface area contributed by atoms with Gasteiger partial charge in [0.2, 0.25) is 0 Å². The van der Waals surface area contributed by atoms with Crippen LogP contribution in [0.1, 0.15) is 5.56 Å². The van der Waals surface area contributed by atoms with Crippen LogP contribution in [0.4, 0.5) is 0 Å². The van der Waals surface area contributed by atoms with Gasteiger partial charge < -0.3 is 4.74 Å². The van der Waals surface area contributed by atoms with E-state index in [0.29, 0.717) is 0 Å². The third-order valence-corrected chi connectivity index (χ3v) is 2.28. The van der Waals surface area contributed by atoms with Gasteiger partial charge in [0.15, 0.2) is 0 Å². The average Bonchev–Trinajstić information content (AvgIpc) is 3.02. The van der Waals surface area contributed by atoms with Crippen molar-refractivity contribution in [1.29, 1.82) is 0 Å². The maximum absolute atomic E-state index is 8.39. The van der Waals surface area contributed by atoms with Crippen molar-refractivity contribution < 1.29 is 4.74 Å². The van der Waals surface area contributed by atoms with Gasteiger partial charge in [0, 0.05) is 4.91 Å². The Morgan fingerprint density at radius 2 is 2.21 bits per heavy atom. The Morgan fingerprint density at radius 1 is 1.50 bits per heavy atom. The molecule has 1 aromatic carbocycles. The molecule has 0 spiro atoms. The Labute approximate surface area is 82.1 Å². The molecule has 0 unspecified atom stereocenters. The van der Waals surface area contributed by atoms with Crippen molar-refractivity contribution in [2.75, 3.05) is 6.61 Å². The summed E-state index contributed by atoms with van der Waals surface area (Å²) in [6.45, 7) is 0.719. The minimum Gasteiger partial charge on any atom is -0.373 e. The quantitative estimate of drug-likeness (QED) is 0.310. The largest absolute Gasteiger partial charge is 0.373 e. The van der Waals surface area contributed by atoms with Crippen LogP contribution >= 0.6 is 0 Å². The minimum absolute atomic E-state index is 0.0533. The number of benzene rings is 1. The lowest BCUT2D eigenvalue weighted by atomic mass is 10.0. The topological polar surface area (TPSA) is 61.3 Å². The molecule has 72 valence electrons. The number of hydrogen-bond acceptors (Lipinski definition) is 2. The van der Waals surface area contributed by atoms with Crippen molar-refractivity contribution in [3.8, 4) is 0 Å². The number of ether oxygens (including phenoxy) is 1. The summed E-state index contributed by atoms with van der Waals surface area (Å²) in [5, 5.41) is 3.74. The molecule has 2 rings (SSSR count). The van der Waals surface area contributed by atoms with Gasteiger partial charge in [-0.1, -0.05) is 35.4 Å². The summed E-state index contributed by atoms with van der Waals surface area (Å²) in [6.07, 6.45) is 0.890. The zero-order valence-corrected chi connectivity index (χ0v) is 7.71. The third kappa shape index (κ3) is 2.25. The first-order valence-electron chi connectivity index (χ1n) is 4.60. The maximum atomic E-state index is 8.39. The van der Waals surface area contributed by atoms with Crippen LogP contribution in [-0.2, 0) is 11.2 Å². The maximum Gasteiger partial charge on any atom is 0.0897 e. The fourth-order valence-electron chi connectivity index (χ4n) is 1.45. The normalized spacial score (nSPS) is 21.0. The van der Waals surface area contributed by atoms with Gasteiger partial charge in [0.05, 0.1) is 18.8 Å². The molecule has 0 radical (unpaired) electrons. The lowest BCUT2D eigenvalue weighted by Crippen LogP contribution is -2.15. The van der Waals surface area contributed by atoms with Crippen molar-refractivity contribution >= 4 is 0 Å². The average molecular weight is 189 g/mol. The van der Waals surface area contributed by atoms with Crippen molar-refractivity contribution in [3.63, 3.8) is 0 Å². The molecular weight excluding hydrogens is 178 g/mol. The molecular formula is C10H11N3O. The van der Waals surface area contributed by atoms with Gasteiger partial charge in [-0.3, -0.25) is 0 Å². The summed E-state index contributed by atoms with van der Waals surface area (Å²) in [5.74, 6) is 0. The predicted molar refractivity (Wildman–Crippen MR) is 52.8 cm³/mol. The van der Waals surface area contributed by atoms with E-state index in [1.54, 1.807) is 0 Å². The lowest BCUT2D eigenvalue weighted by molar-refractivity contribution is 0.371. The first-order chi connectivity index (χ1) is 6.90. The first kappa shape index (κ1) is 9.06. The number of rotatable bonds is 4. The molecule has 0 aliphatic carbocycles. The monoisotopic (exact) mass is 189 g/mol. The molecule has 2 atom stereocenters. The Kier molecular flexibility index (Phi) is 2.68. The molecule has 0 aromatic heterocycles. The molecule has 0 bridgehead atoms. The number of azide groups is 1. The van der Waals surface area contributed by atoms with E-state index in [1.807, 2.05) is 30.3 Å². The molecule has 1 aliphatic heterocycles. The predicted octanol–water partition coefficient (Wildman–Crippen LogP) is 2.31. The van der Waals surface area contributed by atoms with Gasteiger partial charge in [-0.15, -0.1) is 0 Å². The van der Waals surface area contributed by atoms with Crippen LogP contribution in [0.15, 0.2) is 35.4 Å². The van der Waals surface area contributed by atoms with Crippen LogP contribution in [0.5, 0.6) is 0 Å². The van der Waals surface area contributed by atoms with E-state index in [0.717, 1.165) is 13.0 Å². The number of hydrogen-bond donors (Lipinski definition) is 0. The van der Waals surface area contributed by atoms with Crippen molar-refractivity contribution in [2.45, 2.75) is 18.6 Å². The Hall–Kier alpha value is -1.51. The lowest BCUT2D eigenvalue weighted by Gasteiger charge is -2.06. The van der Waals surface area contributed by atoms with Gasteiger partial charge in [0.1, 0.15) is 0 Å². The molecule has 1 heterocycles. The van der Waals surface area contributed by atoms with E-state index in [9.17, 15) is 0 Å². The molecule has 1 aromatic rings. The van der Waals surface area contributed by atoms with Crippen molar-refractivity contribution in [2.24, 2.45) is 5.11 Å². The van der Waals surface area contributed by atoms with Gasteiger partial charge in [-0.25, -0.2) is 0 Å². The highest BCUT2D eigenvalue weighted by Crippen LogP contribution is 2.20. The van der Waals surface area contributed by atoms with Gasteiger partial charge in [-0.05, 0) is 17.5 Å². The van der Waals surface area contributed by atoms with Crippen molar-refractivity contribution in [3.05, 3.63) is 46.3 Å². The molecule has 14 heavy (non-hydrogen) atoms. The summed E-state index contributed by atoms with van der Waals surface area (Å²) in [6, 6.07) is 9.94. The molecule has 0 N–H and O–H groups in total. The second kappa shape index (κ2) is 4.13. The summed E-state index contributed by atoms with van der Waals surface area (Å²) in [5.41, 5.74) is 9.58. The highest BCUT2D eigenvalue weighted by Gasteiger charge is 2.31. The summed E-state index contributed by atoms with van der Waals surface area (Å²) >= 11 is 0. The summed E-state index contributed by atoms with van der Waals surface area (Å²) in [7, 11) is 0. The molecule has 1 fully saturated rings. The molecule has 1 aliphatic rings. The third-order valence-electron chi connectivity index (χ3n) is 2.28. The number of epoxide rings is 1. The van der Waals surface area contributed by atoms with Crippen LogP contribution < -0.4 is 0 Å². The van der Waals surface area contributed by atoms with Crippen LogP contribution in [0.25, 0.3) is 10.4 Å². The minimum atomic E-state index is -0.0533. The fourth-order valence-corrected chi connectivity index (χ4v) is 1.45. The molecule has 0 saturated carbocycles. The first-order valence-corrected chi connectivity index (χ1v) is 4.60. The second-order valence-electron chi connectivity index (χ2n) is 3.33. The van der Waals surface area contributed by atoms with Crippen LogP contribution in [-0.4, -0.2) is 18.8 Å². The zero-order chi connectivity index (χ0) is 9.80. The summed E-state index contributed by atoms with van der Waals surface area (Å²) in [4.78, 5) is 2.84. The van der Waals surface area contributed by atoms with E-state index in [-0.39, 0.29) is 12.1 Å². The van der Waals surface area contributed by atoms with Crippen LogP contribution in [0.3, 0.4) is 0 Å². The zero-order valence-electron chi connectivity index (χ0n) is 7.71. The van der Waals surface area contributed by atoms with E-state index in [2.05, 4.69) is 10.0 Å². The molecule has 4 heteroatoms. The molecule has 4 nitrogen and oxygen atoms in total. The second-order valence-corrected chi connectivity index (χ2v) is 3.33. The highest BCUT2D eigenvalue weighted by molar-refractivity contribution is 5.16. The van der Waals surface area contributed by atoms with Crippen molar-refractivity contribution in [1.82, 2.24) is 0 Å². The SMILES string of the molecule is [N-]=[N+]=N[C@@H](Cc1ccccc1)[C@@H]1CO1. The Morgan fingerprint density at radius 3 is 2.79 bits per heavy atom. The highest BCUT2D eigenvalue weighted by atomic mass is 16.6. The van der Waals surface area contributed by atoms with Crippen LogP contribution in [0.2, 0.25) is 0 Å². The van der Waals surface area contributed by atoms with E-state index < -0.39 is 0 Å².